The lowest BCUT2D eigenvalue weighted by Crippen LogP contribution is -2.11. The van der Waals surface area contributed by atoms with Crippen LogP contribution in [0.2, 0.25) is 0 Å². The molecule has 0 saturated heterocycles. The van der Waals surface area contributed by atoms with E-state index in [0.29, 0.717) is 5.56 Å². The van der Waals surface area contributed by atoms with Gasteiger partial charge in [-0.1, -0.05) is 30.3 Å². The van der Waals surface area contributed by atoms with Crippen molar-refractivity contribution in [2.75, 3.05) is 0 Å². The zero-order chi connectivity index (χ0) is 14.7. The van der Waals surface area contributed by atoms with Crippen LogP contribution in [0.1, 0.15) is 21.5 Å². The number of phenols is 2. The van der Waals surface area contributed by atoms with Gasteiger partial charge in [-0.25, -0.2) is 0 Å². The summed E-state index contributed by atoms with van der Waals surface area (Å²) in [6.07, 6.45) is 0. The summed E-state index contributed by atoms with van der Waals surface area (Å²) >= 11 is 0. The average molecular weight is 276 g/mol. The highest BCUT2D eigenvalue weighted by atomic mass is 16.3. The topological polar surface area (TPSA) is 57.5 Å². The van der Waals surface area contributed by atoms with Crippen molar-refractivity contribution in [1.29, 1.82) is 0 Å². The Hall–Kier alpha value is -2.81. The Morgan fingerprint density at radius 1 is 0.857 bits per heavy atom. The maximum absolute atomic E-state index is 12.7. The van der Waals surface area contributed by atoms with Gasteiger partial charge in [-0.15, -0.1) is 0 Å². The van der Waals surface area contributed by atoms with Gasteiger partial charge in [-0.2, -0.15) is 0 Å². The highest BCUT2D eigenvalue weighted by molar-refractivity contribution is 6.28. The molecule has 0 aliphatic heterocycles. The predicted molar refractivity (Wildman–Crippen MR) is 80.9 cm³/mol. The maximum atomic E-state index is 12.7. The standard InChI is InChI=1S/C18H12O3/c1-9-8-14(20)17-15-10(9)4-2-5-11(15)12-6-3-7-13(19)16(12)18(17)21/h2-8,19-20H,1H3. The van der Waals surface area contributed by atoms with Crippen LogP contribution in [-0.2, 0) is 0 Å². The summed E-state index contributed by atoms with van der Waals surface area (Å²) in [6, 6.07) is 12.4. The lowest BCUT2D eigenvalue weighted by atomic mass is 9.81. The largest absolute Gasteiger partial charge is 0.507 e. The van der Waals surface area contributed by atoms with Crippen molar-refractivity contribution < 1.29 is 15.0 Å². The average Bonchev–Trinajstić information content (AvgIpc) is 2.46. The lowest BCUT2D eigenvalue weighted by Gasteiger charge is -2.22. The Labute approximate surface area is 121 Å². The van der Waals surface area contributed by atoms with Gasteiger partial charge < -0.3 is 10.2 Å². The summed E-state index contributed by atoms with van der Waals surface area (Å²) in [7, 11) is 0. The fourth-order valence-electron chi connectivity index (χ4n) is 3.22. The molecule has 0 amide bonds. The zero-order valence-electron chi connectivity index (χ0n) is 11.3. The fraction of sp³-hybridized carbons (Fsp3) is 0.0556. The summed E-state index contributed by atoms with van der Waals surface area (Å²) in [5.41, 5.74) is 3.04. The van der Waals surface area contributed by atoms with E-state index < -0.39 is 0 Å². The number of aryl methyl sites for hydroxylation is 1. The van der Waals surface area contributed by atoms with E-state index in [9.17, 15) is 15.0 Å². The molecule has 21 heavy (non-hydrogen) atoms. The predicted octanol–water partition coefficient (Wildman–Crippen LogP) is 3.77. The van der Waals surface area contributed by atoms with Gasteiger partial charge in [-0.3, -0.25) is 4.79 Å². The second-order valence-corrected chi connectivity index (χ2v) is 5.34. The first kappa shape index (κ1) is 12.0. The Morgan fingerprint density at radius 2 is 1.57 bits per heavy atom. The van der Waals surface area contributed by atoms with Crippen molar-refractivity contribution in [2.45, 2.75) is 6.92 Å². The number of phenolic OH excluding ortho intramolecular Hbond substituents is 2. The lowest BCUT2D eigenvalue weighted by molar-refractivity contribution is 0.103. The monoisotopic (exact) mass is 276 g/mol. The molecule has 0 atom stereocenters. The van der Waals surface area contributed by atoms with Crippen LogP contribution in [-0.4, -0.2) is 16.0 Å². The number of aromatic hydroxyl groups is 2. The van der Waals surface area contributed by atoms with Crippen LogP contribution in [0, 0.1) is 6.92 Å². The van der Waals surface area contributed by atoms with Gasteiger partial charge in [0.2, 0.25) is 5.78 Å². The summed E-state index contributed by atoms with van der Waals surface area (Å²) < 4.78 is 0. The molecule has 0 fully saturated rings. The number of carbonyl (C=O) groups is 1. The Morgan fingerprint density at radius 3 is 2.38 bits per heavy atom. The molecule has 2 N–H and O–H groups in total. The molecule has 0 bridgehead atoms. The van der Waals surface area contributed by atoms with E-state index in [4.69, 9.17) is 0 Å². The number of rotatable bonds is 0. The minimum absolute atomic E-state index is 0.0358. The van der Waals surface area contributed by atoms with Crippen molar-refractivity contribution in [3.63, 3.8) is 0 Å². The van der Waals surface area contributed by atoms with Gasteiger partial charge in [0.25, 0.3) is 0 Å². The molecule has 3 heteroatoms. The number of benzene rings is 3. The second-order valence-electron chi connectivity index (χ2n) is 5.34. The molecule has 3 nitrogen and oxygen atoms in total. The van der Waals surface area contributed by atoms with E-state index in [-0.39, 0.29) is 28.4 Å². The SMILES string of the molecule is Cc1cc(O)c2c3c(cccc13)-c1cccc(O)c1C2=O. The van der Waals surface area contributed by atoms with Crippen LogP contribution < -0.4 is 0 Å². The Balaban J connectivity index is 2.31. The van der Waals surface area contributed by atoms with Crippen LogP contribution in [0.4, 0.5) is 0 Å². The maximum Gasteiger partial charge on any atom is 0.201 e. The van der Waals surface area contributed by atoms with Crippen LogP contribution in [0.5, 0.6) is 11.5 Å². The van der Waals surface area contributed by atoms with E-state index in [1.165, 1.54) is 6.07 Å². The van der Waals surface area contributed by atoms with Crippen molar-refractivity contribution in [2.24, 2.45) is 0 Å². The molecule has 4 rings (SSSR count). The van der Waals surface area contributed by atoms with Crippen LogP contribution in [0.3, 0.4) is 0 Å². The van der Waals surface area contributed by atoms with Crippen molar-refractivity contribution in [3.8, 4) is 22.6 Å². The molecule has 0 radical (unpaired) electrons. The van der Waals surface area contributed by atoms with Gasteiger partial charge >= 0.3 is 0 Å². The number of ketones is 1. The highest BCUT2D eigenvalue weighted by Crippen LogP contribution is 2.45. The molecule has 0 aromatic heterocycles. The Kier molecular flexibility index (Phi) is 2.20. The molecule has 0 saturated carbocycles. The van der Waals surface area contributed by atoms with Gasteiger partial charge in [0, 0.05) is 5.39 Å². The van der Waals surface area contributed by atoms with Gasteiger partial charge in [-0.05, 0) is 41.1 Å². The molecule has 102 valence electrons. The van der Waals surface area contributed by atoms with Crippen LogP contribution in [0.25, 0.3) is 21.9 Å². The number of fused-ring (bicyclic) bond motifs is 2. The van der Waals surface area contributed by atoms with Crippen molar-refractivity contribution in [1.82, 2.24) is 0 Å². The molecule has 3 aromatic carbocycles. The third-order valence-corrected chi connectivity index (χ3v) is 4.14. The minimum Gasteiger partial charge on any atom is -0.507 e. The fourth-order valence-corrected chi connectivity index (χ4v) is 3.22. The van der Waals surface area contributed by atoms with E-state index in [0.717, 1.165) is 21.9 Å². The van der Waals surface area contributed by atoms with E-state index in [1.54, 1.807) is 12.1 Å². The van der Waals surface area contributed by atoms with Gasteiger partial charge in [0.1, 0.15) is 11.5 Å². The first-order valence-corrected chi connectivity index (χ1v) is 6.72. The quantitative estimate of drug-likeness (QED) is 0.514. The minimum atomic E-state index is -0.329. The third-order valence-electron chi connectivity index (χ3n) is 4.14. The van der Waals surface area contributed by atoms with E-state index in [1.807, 2.05) is 31.2 Å². The summed E-state index contributed by atoms with van der Waals surface area (Å²) in [6.45, 7) is 1.91. The second kappa shape index (κ2) is 3.85. The summed E-state index contributed by atoms with van der Waals surface area (Å²) in [4.78, 5) is 12.7. The highest BCUT2D eigenvalue weighted by Gasteiger charge is 2.30. The van der Waals surface area contributed by atoms with Crippen molar-refractivity contribution in [3.05, 3.63) is 59.2 Å². The first-order chi connectivity index (χ1) is 10.1. The molecule has 0 spiro atoms. The van der Waals surface area contributed by atoms with E-state index in [2.05, 4.69) is 0 Å². The number of carbonyl (C=O) groups excluding carboxylic acids is 1. The summed E-state index contributed by atoms with van der Waals surface area (Å²) in [5.74, 6) is -0.421. The van der Waals surface area contributed by atoms with Crippen LogP contribution >= 0.6 is 0 Å². The van der Waals surface area contributed by atoms with Gasteiger partial charge in [0.05, 0.1) is 11.1 Å². The third kappa shape index (κ3) is 1.40. The van der Waals surface area contributed by atoms with Crippen molar-refractivity contribution >= 4 is 16.6 Å². The molecule has 0 unspecified atom stereocenters. The molecular formula is C18H12O3. The normalized spacial score (nSPS) is 12.5. The number of hydrogen-bond donors (Lipinski definition) is 2. The number of hydrogen-bond acceptors (Lipinski definition) is 3. The molecule has 0 heterocycles. The molecule has 1 aliphatic carbocycles. The summed E-state index contributed by atoms with van der Waals surface area (Å²) in [5, 5.41) is 22.0. The van der Waals surface area contributed by atoms with Crippen LogP contribution in [0.15, 0.2) is 42.5 Å². The first-order valence-electron chi connectivity index (χ1n) is 6.72. The van der Waals surface area contributed by atoms with Gasteiger partial charge in [0.15, 0.2) is 0 Å². The van der Waals surface area contributed by atoms with E-state index >= 15 is 0 Å². The Bertz CT molecular complexity index is 939. The molecular weight excluding hydrogens is 264 g/mol. The smallest absolute Gasteiger partial charge is 0.201 e. The molecule has 1 aliphatic rings. The molecule has 3 aromatic rings. The zero-order valence-corrected chi connectivity index (χ0v) is 11.3.